The molecule has 3 heterocycles. The third-order valence-electron chi connectivity index (χ3n) is 2.63. The van der Waals surface area contributed by atoms with Gasteiger partial charge in [0.25, 0.3) is 0 Å². The van der Waals surface area contributed by atoms with Crippen molar-refractivity contribution in [3.05, 3.63) is 48.5 Å². The molecule has 0 spiro atoms. The molecule has 0 fully saturated rings. The number of urea groups is 1. The highest BCUT2D eigenvalue weighted by Gasteiger charge is 2.05. The number of nitrogens with one attached hydrogen (secondary N) is 3. The highest BCUT2D eigenvalue weighted by atomic mass is 16.2. The molecular weight excluding hydrogens is 256 g/mol. The number of fused-ring (bicyclic) bond motifs is 1. The van der Waals surface area contributed by atoms with Gasteiger partial charge in [-0.3, -0.25) is 5.32 Å². The predicted molar refractivity (Wildman–Crippen MR) is 74.0 cm³/mol. The van der Waals surface area contributed by atoms with Crippen LogP contribution in [0, 0.1) is 0 Å². The molecule has 0 radical (unpaired) electrons. The summed E-state index contributed by atoms with van der Waals surface area (Å²) in [6.45, 7) is 0.287. The van der Waals surface area contributed by atoms with Gasteiger partial charge in [-0.1, -0.05) is 6.07 Å². The minimum absolute atomic E-state index is 0.287. The second kappa shape index (κ2) is 5.35. The smallest absolute Gasteiger partial charge is 0.320 e. The number of anilines is 1. The number of imidazole rings is 1. The molecule has 3 aromatic rings. The van der Waals surface area contributed by atoms with Crippen molar-refractivity contribution in [3.63, 3.8) is 0 Å². The lowest BCUT2D eigenvalue weighted by Crippen LogP contribution is -2.28. The maximum atomic E-state index is 11.7. The van der Waals surface area contributed by atoms with Crippen LogP contribution in [0.3, 0.4) is 0 Å². The average Bonchev–Trinajstić information content (AvgIpc) is 2.89. The summed E-state index contributed by atoms with van der Waals surface area (Å²) in [5, 5.41) is 5.32. The molecule has 0 saturated carbocycles. The number of H-pyrrole nitrogens is 1. The molecule has 0 aliphatic heterocycles. The number of aromatic nitrogens is 4. The molecule has 0 aliphatic carbocycles. The first kappa shape index (κ1) is 12.1. The third kappa shape index (κ3) is 2.72. The van der Waals surface area contributed by atoms with Gasteiger partial charge < -0.3 is 10.3 Å². The van der Waals surface area contributed by atoms with Crippen molar-refractivity contribution in [3.8, 4) is 0 Å². The predicted octanol–water partition coefficient (Wildman–Crippen LogP) is 1.67. The Bertz CT molecular complexity index is 691. The maximum Gasteiger partial charge on any atom is 0.320 e. The van der Waals surface area contributed by atoms with Crippen LogP contribution in [-0.2, 0) is 6.54 Å². The van der Waals surface area contributed by atoms with E-state index < -0.39 is 0 Å². The lowest BCUT2D eigenvalue weighted by molar-refractivity contribution is 0.251. The van der Waals surface area contributed by atoms with Crippen LogP contribution in [0.4, 0.5) is 10.6 Å². The highest BCUT2D eigenvalue weighted by molar-refractivity contribution is 5.88. The summed E-state index contributed by atoms with van der Waals surface area (Å²) >= 11 is 0. The van der Waals surface area contributed by atoms with E-state index in [1.54, 1.807) is 30.6 Å². The Balaban J connectivity index is 1.60. The second-order valence-corrected chi connectivity index (χ2v) is 4.08. The van der Waals surface area contributed by atoms with E-state index >= 15 is 0 Å². The van der Waals surface area contributed by atoms with E-state index in [0.29, 0.717) is 17.3 Å². The number of hydrogen-bond acceptors (Lipinski definition) is 4. The highest BCUT2D eigenvalue weighted by Crippen LogP contribution is 2.07. The van der Waals surface area contributed by atoms with Crippen molar-refractivity contribution in [1.29, 1.82) is 0 Å². The molecule has 0 aliphatic rings. The number of carbonyl (C=O) groups is 1. The molecule has 3 N–H and O–H groups in total. The normalized spacial score (nSPS) is 10.4. The van der Waals surface area contributed by atoms with E-state index in [-0.39, 0.29) is 12.6 Å². The number of aromatic amines is 1. The zero-order valence-corrected chi connectivity index (χ0v) is 10.5. The third-order valence-corrected chi connectivity index (χ3v) is 2.63. The summed E-state index contributed by atoms with van der Waals surface area (Å²) in [5.41, 5.74) is 1.48. The topological polar surface area (TPSA) is 95.6 Å². The number of rotatable bonds is 3. The van der Waals surface area contributed by atoms with Gasteiger partial charge >= 0.3 is 6.03 Å². The molecule has 3 aromatic heterocycles. The summed E-state index contributed by atoms with van der Waals surface area (Å²) in [4.78, 5) is 27.2. The van der Waals surface area contributed by atoms with Crippen LogP contribution in [0.5, 0.6) is 0 Å². The van der Waals surface area contributed by atoms with Crippen LogP contribution in [-0.4, -0.2) is 26.0 Å². The molecule has 0 aromatic carbocycles. The van der Waals surface area contributed by atoms with E-state index in [0.717, 1.165) is 5.52 Å². The number of amides is 2. The molecule has 7 heteroatoms. The van der Waals surface area contributed by atoms with Crippen molar-refractivity contribution in [2.75, 3.05) is 5.32 Å². The summed E-state index contributed by atoms with van der Waals surface area (Å²) in [7, 11) is 0. The van der Waals surface area contributed by atoms with Crippen molar-refractivity contribution in [1.82, 2.24) is 25.3 Å². The van der Waals surface area contributed by atoms with Gasteiger partial charge in [0.05, 0.1) is 12.1 Å². The van der Waals surface area contributed by atoms with E-state index in [2.05, 4.69) is 30.6 Å². The zero-order chi connectivity index (χ0) is 13.8. The minimum atomic E-state index is -0.336. The van der Waals surface area contributed by atoms with E-state index in [9.17, 15) is 4.79 Å². The van der Waals surface area contributed by atoms with Crippen LogP contribution in [0.25, 0.3) is 11.2 Å². The van der Waals surface area contributed by atoms with Crippen LogP contribution in [0.15, 0.2) is 42.7 Å². The molecule has 7 nitrogen and oxygen atoms in total. The van der Waals surface area contributed by atoms with Crippen molar-refractivity contribution >= 4 is 23.0 Å². The van der Waals surface area contributed by atoms with Gasteiger partial charge in [-0.2, -0.15) is 0 Å². The largest absolute Gasteiger partial charge is 0.339 e. The van der Waals surface area contributed by atoms with Crippen LogP contribution >= 0.6 is 0 Å². The number of hydrogen-bond donors (Lipinski definition) is 3. The van der Waals surface area contributed by atoms with Crippen molar-refractivity contribution in [2.45, 2.75) is 6.54 Å². The monoisotopic (exact) mass is 268 g/mol. The fourth-order valence-corrected chi connectivity index (χ4v) is 1.74. The Labute approximate surface area is 114 Å². The number of carbonyl (C=O) groups excluding carboxylic acids is 1. The van der Waals surface area contributed by atoms with Gasteiger partial charge in [-0.25, -0.2) is 19.7 Å². The Hall–Kier alpha value is -2.96. The van der Waals surface area contributed by atoms with Gasteiger partial charge in [-0.05, 0) is 24.3 Å². The average molecular weight is 268 g/mol. The summed E-state index contributed by atoms with van der Waals surface area (Å²) in [6, 6.07) is 8.66. The molecule has 0 atom stereocenters. The molecule has 3 rings (SSSR count). The van der Waals surface area contributed by atoms with Gasteiger partial charge in [-0.15, -0.1) is 0 Å². The van der Waals surface area contributed by atoms with Crippen molar-refractivity contribution < 1.29 is 4.79 Å². The SMILES string of the molecule is O=C(NCc1nc2ncccc2[nH]1)Nc1ccccn1. The fraction of sp³-hybridized carbons (Fsp3) is 0.0769. The Kier molecular flexibility index (Phi) is 3.24. The van der Waals surface area contributed by atoms with E-state index in [1.807, 2.05) is 12.1 Å². The van der Waals surface area contributed by atoms with Gasteiger partial charge in [0.1, 0.15) is 11.6 Å². The Morgan fingerprint density at radius 2 is 2.05 bits per heavy atom. The first-order chi connectivity index (χ1) is 9.81. The standard InChI is InChI=1S/C13H12N6O/c20-13(19-10-5-1-2-6-14-10)16-8-11-17-9-4-3-7-15-12(9)18-11/h1-7H,8H2,(H,15,17,18)(H2,14,16,19,20). The van der Waals surface area contributed by atoms with Crippen LogP contribution in [0.2, 0.25) is 0 Å². The lowest BCUT2D eigenvalue weighted by Gasteiger charge is -2.04. The van der Waals surface area contributed by atoms with Crippen molar-refractivity contribution in [2.24, 2.45) is 0 Å². The quantitative estimate of drug-likeness (QED) is 0.673. The number of nitrogens with zero attached hydrogens (tertiary/aromatic N) is 3. The summed E-state index contributed by atoms with van der Waals surface area (Å²) < 4.78 is 0. The molecule has 0 unspecified atom stereocenters. The Morgan fingerprint density at radius 3 is 2.85 bits per heavy atom. The van der Waals surface area contributed by atoms with Crippen LogP contribution in [0.1, 0.15) is 5.82 Å². The van der Waals surface area contributed by atoms with E-state index in [4.69, 9.17) is 0 Å². The maximum absolute atomic E-state index is 11.7. The Morgan fingerprint density at radius 1 is 1.15 bits per heavy atom. The number of pyridine rings is 2. The molecule has 100 valence electrons. The first-order valence-corrected chi connectivity index (χ1v) is 6.07. The molecule has 0 saturated heterocycles. The molecular formula is C13H12N6O. The summed E-state index contributed by atoms with van der Waals surface area (Å²) in [6.07, 6.45) is 3.29. The van der Waals surface area contributed by atoms with Gasteiger partial charge in [0.15, 0.2) is 5.65 Å². The minimum Gasteiger partial charge on any atom is -0.339 e. The summed E-state index contributed by atoms with van der Waals surface area (Å²) in [5.74, 6) is 1.14. The molecule has 0 bridgehead atoms. The molecule has 2 amide bonds. The zero-order valence-electron chi connectivity index (χ0n) is 10.5. The van der Waals surface area contributed by atoms with Gasteiger partial charge in [0.2, 0.25) is 0 Å². The fourth-order valence-electron chi connectivity index (χ4n) is 1.74. The van der Waals surface area contributed by atoms with E-state index in [1.165, 1.54) is 0 Å². The van der Waals surface area contributed by atoms with Crippen LogP contribution < -0.4 is 10.6 Å². The van der Waals surface area contributed by atoms with Gasteiger partial charge in [0, 0.05) is 12.4 Å². The lowest BCUT2D eigenvalue weighted by atomic mass is 10.4. The second-order valence-electron chi connectivity index (χ2n) is 4.08. The first-order valence-electron chi connectivity index (χ1n) is 6.07. The molecule has 20 heavy (non-hydrogen) atoms.